The molecule has 1 aromatic rings. The molecule has 1 rings (SSSR count). The lowest BCUT2D eigenvalue weighted by atomic mass is 10.2. The Bertz CT molecular complexity index is 551. The van der Waals surface area contributed by atoms with Gasteiger partial charge in [0.25, 0.3) is 0 Å². The zero-order valence-corrected chi connectivity index (χ0v) is 11.5. The van der Waals surface area contributed by atoms with Crippen LogP contribution in [0, 0.1) is 0 Å². The fraction of sp³-hybridized carbons (Fsp3) is 0.357. The molecule has 0 fully saturated rings. The van der Waals surface area contributed by atoms with Crippen molar-refractivity contribution in [2.75, 3.05) is 13.2 Å². The molecule has 112 valence electrons. The summed E-state index contributed by atoms with van der Waals surface area (Å²) in [6.45, 7) is 0.759. The van der Waals surface area contributed by atoms with E-state index >= 15 is 0 Å². The third-order valence-corrected chi connectivity index (χ3v) is 2.62. The summed E-state index contributed by atoms with van der Waals surface area (Å²) in [5.41, 5.74) is 8.66. The van der Waals surface area contributed by atoms with Crippen molar-refractivity contribution in [2.24, 2.45) is 5.11 Å². The number of unbranched alkanes of at least 4 members (excludes halogenated alkanes) is 2. The van der Waals surface area contributed by atoms with Gasteiger partial charge in [0.15, 0.2) is 11.5 Å². The number of aromatic hydroxyl groups is 2. The highest BCUT2D eigenvalue weighted by atomic mass is 16.5. The Morgan fingerprint density at radius 2 is 2.10 bits per heavy atom. The number of hydrogen-bond donors (Lipinski definition) is 2. The van der Waals surface area contributed by atoms with Crippen LogP contribution < -0.4 is 0 Å². The normalized spacial score (nSPS) is 10.3. The van der Waals surface area contributed by atoms with Gasteiger partial charge < -0.3 is 14.9 Å². The number of ether oxygens (including phenoxy) is 1. The topological polar surface area (TPSA) is 116 Å². The van der Waals surface area contributed by atoms with Gasteiger partial charge in [0.1, 0.15) is 0 Å². The van der Waals surface area contributed by atoms with E-state index in [1.807, 2.05) is 0 Å². The van der Waals surface area contributed by atoms with Crippen molar-refractivity contribution >= 4 is 12.0 Å². The molecule has 0 amide bonds. The summed E-state index contributed by atoms with van der Waals surface area (Å²) in [5, 5.41) is 21.9. The smallest absolute Gasteiger partial charge is 0.330 e. The molecule has 0 saturated carbocycles. The number of phenols is 2. The highest BCUT2D eigenvalue weighted by molar-refractivity contribution is 5.87. The van der Waals surface area contributed by atoms with Gasteiger partial charge in [-0.25, -0.2) is 4.79 Å². The van der Waals surface area contributed by atoms with Gasteiger partial charge in [-0.05, 0) is 48.6 Å². The summed E-state index contributed by atoms with van der Waals surface area (Å²) >= 11 is 0. The van der Waals surface area contributed by atoms with Gasteiger partial charge in [-0.3, -0.25) is 0 Å². The van der Waals surface area contributed by atoms with E-state index < -0.39 is 5.97 Å². The van der Waals surface area contributed by atoms with Crippen LogP contribution in [0.15, 0.2) is 29.4 Å². The first-order valence-electron chi connectivity index (χ1n) is 6.51. The van der Waals surface area contributed by atoms with E-state index in [0.29, 0.717) is 25.1 Å². The molecule has 21 heavy (non-hydrogen) atoms. The third-order valence-electron chi connectivity index (χ3n) is 2.62. The average Bonchev–Trinajstić information content (AvgIpc) is 2.47. The third kappa shape index (κ3) is 6.89. The summed E-state index contributed by atoms with van der Waals surface area (Å²) in [4.78, 5) is 14.1. The highest BCUT2D eigenvalue weighted by Crippen LogP contribution is 2.25. The maximum absolute atomic E-state index is 11.4. The maximum atomic E-state index is 11.4. The molecule has 0 radical (unpaired) electrons. The molecule has 0 aliphatic rings. The monoisotopic (exact) mass is 291 g/mol. The molecular weight excluding hydrogens is 274 g/mol. The minimum Gasteiger partial charge on any atom is -0.504 e. The van der Waals surface area contributed by atoms with Crippen molar-refractivity contribution in [3.05, 3.63) is 40.3 Å². The number of benzene rings is 1. The lowest BCUT2D eigenvalue weighted by Crippen LogP contribution is -2.02. The first kappa shape index (κ1) is 16.4. The Morgan fingerprint density at radius 1 is 1.29 bits per heavy atom. The van der Waals surface area contributed by atoms with E-state index in [-0.39, 0.29) is 11.5 Å². The zero-order chi connectivity index (χ0) is 15.5. The quantitative estimate of drug-likeness (QED) is 0.145. The molecule has 0 aliphatic carbocycles. The molecule has 0 atom stereocenters. The second kappa shape index (κ2) is 9.28. The van der Waals surface area contributed by atoms with Gasteiger partial charge in [0, 0.05) is 17.5 Å². The Morgan fingerprint density at radius 3 is 2.81 bits per heavy atom. The molecule has 0 spiro atoms. The zero-order valence-electron chi connectivity index (χ0n) is 11.5. The summed E-state index contributed by atoms with van der Waals surface area (Å²) in [6, 6.07) is 4.24. The van der Waals surface area contributed by atoms with Crippen molar-refractivity contribution in [3.63, 3.8) is 0 Å². The van der Waals surface area contributed by atoms with Crippen LogP contribution in [0.3, 0.4) is 0 Å². The number of phenolic OH excluding ortho intramolecular Hbond substituents is 2. The Kier molecular flexibility index (Phi) is 7.24. The number of carbonyl (C=O) groups is 1. The Balaban J connectivity index is 2.25. The standard InChI is InChI=1S/C14H17N3O4/c15-17-16-8-2-1-3-9-21-14(20)7-5-11-4-6-12(18)13(19)10-11/h4-7,10,18-19H,1-3,8-9H2. The Labute approximate surface area is 122 Å². The predicted octanol–water partition coefficient (Wildman–Crippen LogP) is 3.13. The average molecular weight is 291 g/mol. The number of carbonyl (C=O) groups excluding carboxylic acids is 1. The number of rotatable bonds is 8. The van der Waals surface area contributed by atoms with E-state index in [9.17, 15) is 9.90 Å². The highest BCUT2D eigenvalue weighted by Gasteiger charge is 2.00. The van der Waals surface area contributed by atoms with Gasteiger partial charge in [-0.2, -0.15) is 0 Å². The van der Waals surface area contributed by atoms with Crippen LogP contribution in [0.1, 0.15) is 24.8 Å². The molecule has 7 heteroatoms. The maximum Gasteiger partial charge on any atom is 0.330 e. The van der Waals surface area contributed by atoms with Crippen LogP contribution in [-0.4, -0.2) is 29.3 Å². The van der Waals surface area contributed by atoms with Crippen LogP contribution in [0.4, 0.5) is 0 Å². The SMILES string of the molecule is [N-]=[N+]=NCCCCCOC(=O)C=Cc1ccc(O)c(O)c1. The van der Waals surface area contributed by atoms with Gasteiger partial charge >= 0.3 is 5.97 Å². The van der Waals surface area contributed by atoms with Crippen molar-refractivity contribution in [3.8, 4) is 11.5 Å². The largest absolute Gasteiger partial charge is 0.504 e. The van der Waals surface area contributed by atoms with Crippen LogP contribution in [0.5, 0.6) is 11.5 Å². The number of hydrogen-bond acceptors (Lipinski definition) is 5. The lowest BCUT2D eigenvalue weighted by molar-refractivity contribution is -0.137. The molecule has 2 N–H and O–H groups in total. The number of esters is 1. The first-order chi connectivity index (χ1) is 10.1. The Hall–Kier alpha value is -2.66. The minimum atomic E-state index is -0.474. The molecule has 7 nitrogen and oxygen atoms in total. The van der Waals surface area contributed by atoms with E-state index in [1.165, 1.54) is 24.3 Å². The van der Waals surface area contributed by atoms with Crippen LogP contribution in [0.25, 0.3) is 16.5 Å². The minimum absolute atomic E-state index is 0.213. The second-order valence-electron chi connectivity index (χ2n) is 4.26. The van der Waals surface area contributed by atoms with Crippen LogP contribution in [-0.2, 0) is 9.53 Å². The van der Waals surface area contributed by atoms with Crippen molar-refractivity contribution in [2.45, 2.75) is 19.3 Å². The van der Waals surface area contributed by atoms with Gasteiger partial charge in [0.2, 0.25) is 0 Å². The van der Waals surface area contributed by atoms with Gasteiger partial charge in [-0.15, -0.1) is 0 Å². The summed E-state index contributed by atoms with van der Waals surface area (Å²) in [7, 11) is 0. The van der Waals surface area contributed by atoms with Crippen molar-refractivity contribution in [1.29, 1.82) is 0 Å². The summed E-state index contributed by atoms with van der Waals surface area (Å²) < 4.78 is 4.98. The predicted molar refractivity (Wildman–Crippen MR) is 77.6 cm³/mol. The van der Waals surface area contributed by atoms with Crippen LogP contribution >= 0.6 is 0 Å². The van der Waals surface area contributed by atoms with Gasteiger partial charge in [0.05, 0.1) is 6.61 Å². The summed E-state index contributed by atoms with van der Waals surface area (Å²) in [6.07, 6.45) is 5.04. The van der Waals surface area contributed by atoms with E-state index in [1.54, 1.807) is 6.07 Å². The van der Waals surface area contributed by atoms with E-state index in [2.05, 4.69) is 10.0 Å². The van der Waals surface area contributed by atoms with E-state index in [4.69, 9.17) is 15.4 Å². The first-order valence-corrected chi connectivity index (χ1v) is 6.51. The fourth-order valence-corrected chi connectivity index (χ4v) is 1.54. The number of nitrogens with zero attached hydrogens (tertiary/aromatic N) is 3. The molecule has 0 bridgehead atoms. The molecule has 0 unspecified atom stereocenters. The van der Waals surface area contributed by atoms with Crippen molar-refractivity contribution < 1.29 is 19.7 Å². The molecule has 0 aliphatic heterocycles. The molecule has 0 heterocycles. The van der Waals surface area contributed by atoms with Gasteiger partial charge in [-0.1, -0.05) is 11.2 Å². The lowest BCUT2D eigenvalue weighted by Gasteiger charge is -2.01. The van der Waals surface area contributed by atoms with Crippen LogP contribution in [0.2, 0.25) is 0 Å². The van der Waals surface area contributed by atoms with Crippen molar-refractivity contribution in [1.82, 2.24) is 0 Å². The molecule has 0 aromatic heterocycles. The van der Waals surface area contributed by atoms with E-state index in [0.717, 1.165) is 12.8 Å². The number of azide groups is 1. The molecule has 0 saturated heterocycles. The summed E-state index contributed by atoms with van der Waals surface area (Å²) in [5.74, 6) is -0.932. The molecular formula is C14H17N3O4. The molecule has 1 aromatic carbocycles. The fourth-order valence-electron chi connectivity index (χ4n) is 1.54. The second-order valence-corrected chi connectivity index (χ2v) is 4.26.